The minimum atomic E-state index is -1.43. The van der Waals surface area contributed by atoms with Crippen LogP contribution in [0.2, 0.25) is 10.0 Å². The van der Waals surface area contributed by atoms with Crippen LogP contribution in [-0.4, -0.2) is 97.7 Å². The molecule has 0 saturated heterocycles. The number of rotatable bonds is 25. The van der Waals surface area contributed by atoms with Gasteiger partial charge in [0.25, 0.3) is 11.8 Å². The van der Waals surface area contributed by atoms with Gasteiger partial charge < -0.3 is 64.3 Å². The molecular weight excluding hydrogens is 1210 g/mol. The van der Waals surface area contributed by atoms with E-state index in [0.29, 0.717) is 64.2 Å². The number of hydrogen-bond donors (Lipinski definition) is 4. The van der Waals surface area contributed by atoms with Gasteiger partial charge in [-0.05, 0) is 156 Å². The van der Waals surface area contributed by atoms with Crippen LogP contribution >= 0.6 is 35.6 Å². The Labute approximate surface area is 536 Å². The van der Waals surface area contributed by atoms with E-state index in [1.54, 1.807) is 162 Å². The summed E-state index contributed by atoms with van der Waals surface area (Å²) in [6.45, 7) is 14.9. The van der Waals surface area contributed by atoms with Crippen LogP contribution in [0.3, 0.4) is 0 Å². The van der Waals surface area contributed by atoms with Gasteiger partial charge in [-0.25, -0.2) is 24.0 Å². The number of carbonyl (C=O) groups excluding carboxylic acids is 7. The Kier molecular flexibility index (Phi) is 30.3. The van der Waals surface area contributed by atoms with Crippen LogP contribution in [0.1, 0.15) is 125 Å². The highest BCUT2D eigenvalue weighted by Crippen LogP contribution is 2.25. The van der Waals surface area contributed by atoms with E-state index in [2.05, 4.69) is 16.0 Å². The molecule has 5 N–H and O–H groups in total. The predicted octanol–water partition coefficient (Wildman–Crippen LogP) is 13.0. The molecule has 4 atom stereocenters. The predicted molar refractivity (Wildman–Crippen MR) is 339 cm³/mol. The van der Waals surface area contributed by atoms with Crippen molar-refractivity contribution in [2.45, 2.75) is 124 Å². The summed E-state index contributed by atoms with van der Waals surface area (Å²) in [5.41, 5.74) is 6.50. The van der Waals surface area contributed by atoms with E-state index in [9.17, 15) is 33.6 Å². The SMILES string of the molecule is C.CC(OC(=O)OC(CN)c1ccccc1)OC(=O)C(C)(C)Oc1ccc(CCNC(=O)c2ccc(Cl)cc2)cc1.CC(OC(=O)OC(CNC(=O)OC(C)(C)C)c1ccccc1)OC(=O)C(C)(C)Oc1ccc(CCNC(=O)c2ccc(Cl)cc2)cc1.Cl. The molecule has 0 spiro atoms. The first-order chi connectivity index (χ1) is 41.2. The van der Waals surface area contributed by atoms with E-state index in [1.807, 2.05) is 30.3 Å². The Balaban J connectivity index is 0.000000460. The van der Waals surface area contributed by atoms with Gasteiger partial charge in [0.1, 0.15) is 29.3 Å². The largest absolute Gasteiger partial charge is 0.512 e. The van der Waals surface area contributed by atoms with Crippen molar-refractivity contribution >= 4 is 77.8 Å². The third-order valence-corrected chi connectivity index (χ3v) is 12.6. The van der Waals surface area contributed by atoms with Gasteiger partial charge in [0.15, 0.2) is 11.2 Å². The number of nitrogens with two attached hydrogens (primary N) is 1. The van der Waals surface area contributed by atoms with Crippen molar-refractivity contribution in [3.05, 3.63) is 201 Å². The van der Waals surface area contributed by atoms with Crippen molar-refractivity contribution in [2.75, 3.05) is 26.2 Å². The molecule has 0 saturated carbocycles. The molecule has 3 amide bonds. The maximum absolute atomic E-state index is 12.9. The van der Waals surface area contributed by atoms with Crippen LogP contribution in [0.5, 0.6) is 11.5 Å². The Morgan fingerprint density at radius 1 is 0.472 bits per heavy atom. The number of esters is 2. The second-order valence-electron chi connectivity index (χ2n) is 21.4. The maximum atomic E-state index is 12.9. The monoisotopic (exact) mass is 1290 g/mol. The molecule has 0 radical (unpaired) electrons. The molecular formula is C66H79Cl3N4O16. The summed E-state index contributed by atoms with van der Waals surface area (Å²) in [5.74, 6) is -1.04. The summed E-state index contributed by atoms with van der Waals surface area (Å²) in [5, 5.41) is 9.43. The number of amides is 3. The Morgan fingerprint density at radius 3 is 1.19 bits per heavy atom. The highest BCUT2D eigenvalue weighted by molar-refractivity contribution is 6.31. The molecule has 0 bridgehead atoms. The van der Waals surface area contributed by atoms with Crippen LogP contribution < -0.4 is 31.2 Å². The van der Waals surface area contributed by atoms with Gasteiger partial charge in [0.05, 0.1) is 6.54 Å². The van der Waals surface area contributed by atoms with E-state index in [-0.39, 0.29) is 44.7 Å². The normalized spacial score (nSPS) is 12.3. The number of hydrogen-bond acceptors (Lipinski definition) is 17. The highest BCUT2D eigenvalue weighted by atomic mass is 35.5. The first kappa shape index (κ1) is 74.7. The zero-order valence-corrected chi connectivity index (χ0v) is 52.7. The molecule has 0 fully saturated rings. The topological polar surface area (TPSA) is 265 Å². The number of halogens is 3. The molecule has 89 heavy (non-hydrogen) atoms. The lowest BCUT2D eigenvalue weighted by Crippen LogP contribution is -2.42. The molecule has 23 heteroatoms. The molecule has 6 aromatic rings. The molecule has 6 aromatic carbocycles. The smallest absolute Gasteiger partial charge is 0.476 e. The number of benzene rings is 6. The third kappa shape index (κ3) is 26.8. The van der Waals surface area contributed by atoms with Crippen molar-refractivity contribution in [1.29, 1.82) is 0 Å². The highest BCUT2D eigenvalue weighted by Gasteiger charge is 2.36. The first-order valence-electron chi connectivity index (χ1n) is 27.8. The molecule has 0 aromatic heterocycles. The van der Waals surface area contributed by atoms with Gasteiger partial charge in [0, 0.05) is 54.7 Å². The Bertz CT molecular complexity index is 3190. The lowest BCUT2D eigenvalue weighted by Gasteiger charge is -2.26. The van der Waals surface area contributed by atoms with E-state index in [0.717, 1.165) is 16.7 Å². The van der Waals surface area contributed by atoms with Crippen LogP contribution in [0.4, 0.5) is 14.4 Å². The van der Waals surface area contributed by atoms with Crippen molar-refractivity contribution in [2.24, 2.45) is 5.73 Å². The summed E-state index contributed by atoms with van der Waals surface area (Å²) in [6.07, 6.45) is -5.74. The summed E-state index contributed by atoms with van der Waals surface area (Å²) < 4.78 is 48.5. The van der Waals surface area contributed by atoms with Crippen molar-refractivity contribution < 1.29 is 76.2 Å². The first-order valence-corrected chi connectivity index (χ1v) is 28.5. The molecule has 0 heterocycles. The summed E-state index contributed by atoms with van der Waals surface area (Å²) >= 11 is 11.7. The van der Waals surface area contributed by atoms with Crippen LogP contribution in [0.15, 0.2) is 158 Å². The Morgan fingerprint density at radius 2 is 0.831 bits per heavy atom. The van der Waals surface area contributed by atoms with Crippen LogP contribution in [0, 0.1) is 0 Å². The molecule has 4 unspecified atom stereocenters. The van der Waals surface area contributed by atoms with Crippen molar-refractivity contribution in [1.82, 2.24) is 16.0 Å². The molecule has 0 aliphatic rings. The van der Waals surface area contributed by atoms with Crippen LogP contribution in [0.25, 0.3) is 0 Å². The van der Waals surface area contributed by atoms with Gasteiger partial charge >= 0.3 is 30.3 Å². The van der Waals surface area contributed by atoms with Gasteiger partial charge in [-0.1, -0.05) is 116 Å². The second kappa shape index (κ2) is 36.1. The molecule has 20 nitrogen and oxygen atoms in total. The lowest BCUT2D eigenvalue weighted by atomic mass is 10.1. The fraction of sp³-hybridized carbons (Fsp3) is 0.348. The molecule has 0 aliphatic carbocycles. The summed E-state index contributed by atoms with van der Waals surface area (Å²) in [4.78, 5) is 87.1. The fourth-order valence-corrected chi connectivity index (χ4v) is 7.92. The molecule has 0 aliphatic heterocycles. The van der Waals surface area contributed by atoms with Crippen molar-refractivity contribution in [3.8, 4) is 11.5 Å². The van der Waals surface area contributed by atoms with Gasteiger partial charge in [0.2, 0.25) is 12.6 Å². The van der Waals surface area contributed by atoms with Gasteiger partial charge in [-0.15, -0.1) is 12.4 Å². The average molecular weight is 1290 g/mol. The van der Waals surface area contributed by atoms with Crippen LogP contribution in [-0.2, 0) is 55.6 Å². The van der Waals surface area contributed by atoms with E-state index in [4.69, 9.17) is 71.6 Å². The summed E-state index contributed by atoms with van der Waals surface area (Å²) in [7, 11) is 0. The second-order valence-corrected chi connectivity index (χ2v) is 22.2. The van der Waals surface area contributed by atoms with E-state index in [1.165, 1.54) is 27.7 Å². The standard InChI is InChI=1S/C35H41ClN2O9.C30H33ClN2O7.CH4.ClH/c1-23(44-33(42)45-29(25-10-8-7-9-11-25)22-38-32(41)47-34(2,3)4)43-31(40)35(5,6)46-28-18-12-24(13-19-28)20-21-37-30(39)26-14-16-27(36)17-15-26;1-20(38-29(36)39-26(19-32)22-7-5-4-6-8-22)37-28(35)30(2,3)40-25-15-9-21(10-16-25)17-18-33-27(34)23-11-13-24(31)14-12-23;;/h7-19,23,29H,20-22H2,1-6H3,(H,37,39)(H,38,41);4-16,20,26H,17-19,32H2,1-3H3,(H,33,34);1H4;1H. The molecule has 6 rings (SSSR count). The minimum absolute atomic E-state index is 0. The quantitative estimate of drug-likeness (QED) is 0.0236. The average Bonchev–Trinajstić information content (AvgIpc) is 3.68. The molecule has 480 valence electrons. The van der Waals surface area contributed by atoms with E-state index >= 15 is 0 Å². The Hall–Kier alpha value is -8.56. The minimum Gasteiger partial charge on any atom is -0.476 e. The van der Waals surface area contributed by atoms with Crippen molar-refractivity contribution in [3.63, 3.8) is 0 Å². The third-order valence-electron chi connectivity index (χ3n) is 12.1. The number of carbonyl (C=O) groups is 7. The number of nitrogens with one attached hydrogen (secondary N) is 3. The summed E-state index contributed by atoms with van der Waals surface area (Å²) in [6, 6.07) is 45.3. The fourth-order valence-electron chi connectivity index (χ4n) is 7.67. The number of alkyl carbamates (subject to hydrolysis) is 1. The number of ether oxygens (including phenoxy) is 9. The zero-order chi connectivity index (χ0) is 63.7. The zero-order valence-electron chi connectivity index (χ0n) is 50.3. The maximum Gasteiger partial charge on any atom is 0.512 e. The van der Waals surface area contributed by atoms with E-state index < -0.39 is 71.9 Å². The van der Waals surface area contributed by atoms with Gasteiger partial charge in [-0.3, -0.25) is 9.59 Å². The lowest BCUT2D eigenvalue weighted by molar-refractivity contribution is -0.184. The van der Waals surface area contributed by atoms with Gasteiger partial charge in [-0.2, -0.15) is 0 Å².